The first-order valence-corrected chi connectivity index (χ1v) is 14.8. The van der Waals surface area contributed by atoms with Crippen molar-refractivity contribution < 1.29 is 58.9 Å². The van der Waals surface area contributed by atoms with E-state index in [4.69, 9.17) is 24.7 Å². The molecule has 0 amide bonds. The normalized spacial score (nSPS) is 29.6. The number of phenolic OH excluding ortho intramolecular Hbond substituents is 2. The molecule has 0 radical (unpaired) electrons. The lowest BCUT2D eigenvalue weighted by atomic mass is 9.71. The molecule has 2 aromatic carbocycles. The van der Waals surface area contributed by atoms with E-state index >= 15 is 0 Å². The topological polar surface area (TPSA) is 219 Å². The third kappa shape index (κ3) is 4.97. The van der Waals surface area contributed by atoms with E-state index in [1.165, 1.54) is 7.11 Å². The SMILES string of the molecule is COc1ccc(N2CCOCC2)c2c1C(=O)c1c(O)c3c(c(O)c1C2=O)C[C@@](O)(C(=O)CO)C[C@@H]3O[C@H]1C[C@H](N)[C@H](O)[C@H](C)O1. The molecule has 14 nitrogen and oxygen atoms in total. The number of carbonyl (C=O) groups excluding carboxylic acids is 3. The number of nitrogens with two attached hydrogens (primary N) is 1. The molecule has 6 rings (SSSR count). The summed E-state index contributed by atoms with van der Waals surface area (Å²) in [6.45, 7) is 2.22. The van der Waals surface area contributed by atoms with Crippen molar-refractivity contribution in [3.8, 4) is 17.2 Å². The highest BCUT2D eigenvalue weighted by Crippen LogP contribution is 2.53. The van der Waals surface area contributed by atoms with Gasteiger partial charge in [0.05, 0.1) is 60.9 Å². The molecule has 6 atom stereocenters. The fraction of sp³-hybridized carbons (Fsp3) is 0.516. The molecule has 2 aromatic rings. The van der Waals surface area contributed by atoms with Gasteiger partial charge in [-0.05, 0) is 19.1 Å². The quantitative estimate of drug-likeness (QED) is 0.196. The molecule has 2 aliphatic heterocycles. The number of fused-ring (bicyclic) bond motifs is 3. The number of methoxy groups -OCH3 is 1. The summed E-state index contributed by atoms with van der Waals surface area (Å²) >= 11 is 0. The summed E-state index contributed by atoms with van der Waals surface area (Å²) < 4.78 is 22.8. The Morgan fingerprint density at radius 1 is 1.09 bits per heavy atom. The van der Waals surface area contributed by atoms with Crippen LogP contribution in [0, 0.1) is 0 Å². The van der Waals surface area contributed by atoms with Crippen LogP contribution in [0.1, 0.15) is 68.8 Å². The number of aliphatic hydroxyl groups is 3. The molecule has 0 saturated carbocycles. The van der Waals surface area contributed by atoms with Gasteiger partial charge >= 0.3 is 0 Å². The van der Waals surface area contributed by atoms with E-state index in [-0.39, 0.29) is 34.4 Å². The summed E-state index contributed by atoms with van der Waals surface area (Å²) in [5, 5.41) is 54.8. The largest absolute Gasteiger partial charge is 0.507 e. The molecule has 2 aliphatic carbocycles. The summed E-state index contributed by atoms with van der Waals surface area (Å²) in [5.74, 6) is -3.80. The smallest absolute Gasteiger partial charge is 0.202 e. The number of anilines is 1. The maximum Gasteiger partial charge on any atom is 0.202 e. The molecule has 0 spiro atoms. The monoisotopic (exact) mass is 628 g/mol. The predicted octanol–water partition coefficient (Wildman–Crippen LogP) is -0.162. The number of morpholine rings is 1. The van der Waals surface area contributed by atoms with Crippen LogP contribution in [-0.2, 0) is 25.4 Å². The Balaban J connectivity index is 1.52. The van der Waals surface area contributed by atoms with E-state index in [0.29, 0.717) is 32.0 Å². The highest BCUT2D eigenvalue weighted by Gasteiger charge is 2.50. The summed E-state index contributed by atoms with van der Waals surface area (Å²) in [7, 11) is 1.34. The number of hydrogen-bond donors (Lipinski definition) is 6. The Labute approximate surface area is 257 Å². The lowest BCUT2D eigenvalue weighted by Gasteiger charge is -2.42. The van der Waals surface area contributed by atoms with Crippen molar-refractivity contribution >= 4 is 23.0 Å². The van der Waals surface area contributed by atoms with Crippen molar-refractivity contribution in [1.82, 2.24) is 0 Å². The minimum absolute atomic E-state index is 0.00765. The number of carbonyl (C=O) groups is 3. The highest BCUT2D eigenvalue weighted by atomic mass is 16.7. The average Bonchev–Trinajstić information content (AvgIpc) is 3.03. The van der Waals surface area contributed by atoms with Crippen LogP contribution in [0.2, 0.25) is 0 Å². The number of phenols is 2. The third-order valence-electron chi connectivity index (χ3n) is 9.26. The van der Waals surface area contributed by atoms with Gasteiger partial charge in [0, 0.05) is 55.2 Å². The zero-order valence-electron chi connectivity index (χ0n) is 24.8. The van der Waals surface area contributed by atoms with Gasteiger partial charge in [0.2, 0.25) is 11.6 Å². The third-order valence-corrected chi connectivity index (χ3v) is 9.26. The number of benzene rings is 2. The van der Waals surface area contributed by atoms with Gasteiger partial charge in [-0.25, -0.2) is 0 Å². The van der Waals surface area contributed by atoms with E-state index < -0.39 is 95.7 Å². The number of aliphatic hydroxyl groups excluding tert-OH is 2. The van der Waals surface area contributed by atoms with Gasteiger partial charge in [0.1, 0.15) is 29.5 Å². The van der Waals surface area contributed by atoms with E-state index in [1.807, 2.05) is 4.90 Å². The summed E-state index contributed by atoms with van der Waals surface area (Å²) in [4.78, 5) is 43.2. The second-order valence-corrected chi connectivity index (χ2v) is 11.9. The standard InChI is InChI=1S/C31H36N2O12/c1-13-26(36)15(32)9-20(44-13)45-18-11-31(41,19(35)12-34)10-14-21(18)28(38)25-24(27(14)37)29(39)22-16(33-5-7-43-8-6-33)3-4-17(42-2)23(22)30(25)40/h3-4,13,15,18,20,26,34,36-38,41H,5-12,32H2,1-2H3/t13-,15-,18-,20-,26+,31-/m0/s1. The summed E-state index contributed by atoms with van der Waals surface area (Å²) in [6.07, 6.45) is -5.23. The van der Waals surface area contributed by atoms with Gasteiger partial charge in [-0.2, -0.15) is 0 Å². The van der Waals surface area contributed by atoms with Crippen molar-refractivity contribution in [3.05, 3.63) is 45.5 Å². The van der Waals surface area contributed by atoms with Crippen LogP contribution in [0.5, 0.6) is 17.2 Å². The molecule has 0 unspecified atom stereocenters. The predicted molar refractivity (Wildman–Crippen MR) is 155 cm³/mol. The average molecular weight is 629 g/mol. The first-order chi connectivity index (χ1) is 21.4. The molecular weight excluding hydrogens is 592 g/mol. The molecule has 2 fully saturated rings. The minimum Gasteiger partial charge on any atom is -0.507 e. The number of aromatic hydroxyl groups is 2. The molecule has 0 aromatic heterocycles. The lowest BCUT2D eigenvalue weighted by Crippen LogP contribution is -2.53. The van der Waals surface area contributed by atoms with Crippen LogP contribution in [0.25, 0.3) is 0 Å². The van der Waals surface area contributed by atoms with Gasteiger partial charge < -0.3 is 55.1 Å². The number of ether oxygens (including phenoxy) is 4. The zero-order valence-corrected chi connectivity index (χ0v) is 24.8. The van der Waals surface area contributed by atoms with Crippen LogP contribution in [-0.4, -0.2) is 113 Å². The minimum atomic E-state index is -2.27. The Bertz CT molecular complexity index is 1560. The van der Waals surface area contributed by atoms with Crippen molar-refractivity contribution in [2.75, 3.05) is 44.9 Å². The molecule has 4 aliphatic rings. The molecule has 242 valence electrons. The van der Waals surface area contributed by atoms with Crippen LogP contribution in [0.15, 0.2) is 12.1 Å². The van der Waals surface area contributed by atoms with Gasteiger partial charge in [0.15, 0.2) is 12.1 Å². The van der Waals surface area contributed by atoms with Crippen LogP contribution >= 0.6 is 0 Å². The lowest BCUT2D eigenvalue weighted by molar-refractivity contribution is -0.247. The van der Waals surface area contributed by atoms with Crippen LogP contribution < -0.4 is 15.4 Å². The fourth-order valence-electron chi connectivity index (χ4n) is 6.88. The maximum atomic E-state index is 14.3. The Morgan fingerprint density at radius 3 is 2.40 bits per heavy atom. The number of rotatable bonds is 6. The zero-order chi connectivity index (χ0) is 32.4. The first-order valence-electron chi connectivity index (χ1n) is 14.8. The van der Waals surface area contributed by atoms with Gasteiger partial charge in [0.25, 0.3) is 0 Å². The molecule has 2 saturated heterocycles. The second-order valence-electron chi connectivity index (χ2n) is 11.9. The molecule has 0 bridgehead atoms. The van der Waals surface area contributed by atoms with Gasteiger partial charge in [-0.1, -0.05) is 0 Å². The molecule has 7 N–H and O–H groups in total. The molecule has 2 heterocycles. The summed E-state index contributed by atoms with van der Waals surface area (Å²) in [5.41, 5.74) is 2.83. The number of Topliss-reactive ketones (excluding diaryl/α,β-unsaturated/α-hetero) is 1. The van der Waals surface area contributed by atoms with E-state index in [0.717, 1.165) is 0 Å². The molecule has 14 heteroatoms. The molecule has 45 heavy (non-hydrogen) atoms. The van der Waals surface area contributed by atoms with E-state index in [2.05, 4.69) is 0 Å². The Morgan fingerprint density at radius 2 is 1.76 bits per heavy atom. The number of nitrogens with zero attached hydrogens (tertiary/aromatic N) is 1. The highest BCUT2D eigenvalue weighted by molar-refractivity contribution is 6.33. The fourth-order valence-corrected chi connectivity index (χ4v) is 6.88. The van der Waals surface area contributed by atoms with E-state index in [9.17, 15) is 39.9 Å². The Kier molecular flexibility index (Phi) is 8.10. The Hall–Kier alpha value is -3.63. The van der Waals surface area contributed by atoms with Crippen molar-refractivity contribution in [2.45, 2.75) is 62.4 Å². The maximum absolute atomic E-state index is 14.3. The first kappa shape index (κ1) is 31.4. The number of hydrogen-bond acceptors (Lipinski definition) is 14. The molecular formula is C31H36N2O12. The summed E-state index contributed by atoms with van der Waals surface area (Å²) in [6, 6.07) is 2.46. The van der Waals surface area contributed by atoms with Crippen molar-refractivity contribution in [3.63, 3.8) is 0 Å². The second kappa shape index (κ2) is 11.6. The van der Waals surface area contributed by atoms with Gasteiger partial charge in [-0.15, -0.1) is 0 Å². The van der Waals surface area contributed by atoms with Gasteiger partial charge in [-0.3, -0.25) is 14.4 Å². The van der Waals surface area contributed by atoms with Crippen molar-refractivity contribution in [1.29, 1.82) is 0 Å². The van der Waals surface area contributed by atoms with Crippen molar-refractivity contribution in [2.24, 2.45) is 5.73 Å². The van der Waals surface area contributed by atoms with Crippen LogP contribution in [0.4, 0.5) is 5.69 Å². The van der Waals surface area contributed by atoms with Crippen LogP contribution in [0.3, 0.4) is 0 Å². The van der Waals surface area contributed by atoms with E-state index in [1.54, 1.807) is 19.1 Å². The number of ketones is 3.